The number of para-hydroxylation sites is 2. The fourth-order valence-electron chi connectivity index (χ4n) is 4.23. The minimum atomic E-state index is -0.540. The van der Waals surface area contributed by atoms with Crippen LogP contribution in [0.5, 0.6) is 11.5 Å². The normalized spacial score (nSPS) is 14.6. The first kappa shape index (κ1) is 23.4. The number of carbonyl (C=O) groups excluding carboxylic acids is 1. The molecule has 0 spiro atoms. The van der Waals surface area contributed by atoms with Crippen molar-refractivity contribution < 1.29 is 14.3 Å². The number of amides is 1. The number of hydrogen-bond donors (Lipinski definition) is 2. The van der Waals surface area contributed by atoms with Gasteiger partial charge in [0.1, 0.15) is 17.5 Å². The highest BCUT2D eigenvalue weighted by Gasteiger charge is 2.34. The molecule has 0 saturated heterocycles. The van der Waals surface area contributed by atoms with Crippen LogP contribution >= 0.6 is 11.6 Å². The Morgan fingerprint density at radius 3 is 2.53 bits per heavy atom. The van der Waals surface area contributed by atoms with Crippen LogP contribution in [0.4, 0.5) is 11.6 Å². The van der Waals surface area contributed by atoms with Crippen LogP contribution in [0.1, 0.15) is 18.5 Å². The second-order valence-corrected chi connectivity index (χ2v) is 8.64. The SMILES string of the molecule is COc1ccc(C2C(C(=O)Nc3ccccc3OC)=C(C)Nc3nc(-c4cccc(Cl)c4)nn32)cc1. The number of hydrogen-bond acceptors (Lipinski definition) is 6. The highest BCUT2D eigenvalue weighted by atomic mass is 35.5. The van der Waals surface area contributed by atoms with Gasteiger partial charge in [0.25, 0.3) is 5.91 Å². The number of fused-ring (bicyclic) bond motifs is 1. The number of halogens is 1. The van der Waals surface area contributed by atoms with Crippen molar-refractivity contribution in [2.24, 2.45) is 0 Å². The van der Waals surface area contributed by atoms with E-state index < -0.39 is 6.04 Å². The minimum absolute atomic E-state index is 0.282. The average molecular weight is 502 g/mol. The van der Waals surface area contributed by atoms with Gasteiger partial charge in [-0.2, -0.15) is 4.98 Å². The Kier molecular flexibility index (Phi) is 6.35. The molecule has 1 aliphatic rings. The summed E-state index contributed by atoms with van der Waals surface area (Å²) in [7, 11) is 3.18. The van der Waals surface area contributed by atoms with Crippen LogP contribution < -0.4 is 20.1 Å². The topological polar surface area (TPSA) is 90.3 Å². The molecule has 1 aliphatic heterocycles. The Hall–Kier alpha value is -4.30. The maximum atomic E-state index is 13.7. The van der Waals surface area contributed by atoms with Crippen LogP contribution in [-0.2, 0) is 4.79 Å². The molecular formula is C27H24ClN5O3. The van der Waals surface area contributed by atoms with Gasteiger partial charge in [-0.1, -0.05) is 48.0 Å². The van der Waals surface area contributed by atoms with Gasteiger partial charge in [-0.15, -0.1) is 5.10 Å². The largest absolute Gasteiger partial charge is 0.497 e. The molecule has 3 aromatic carbocycles. The number of methoxy groups -OCH3 is 2. The molecule has 1 unspecified atom stereocenters. The number of benzene rings is 3. The van der Waals surface area contributed by atoms with Gasteiger partial charge in [0.15, 0.2) is 5.82 Å². The molecule has 8 nitrogen and oxygen atoms in total. The van der Waals surface area contributed by atoms with Crippen LogP contribution in [0.15, 0.2) is 84.1 Å². The standard InChI is InChI=1S/C27H24ClN5O3/c1-16-23(26(34)30-21-9-4-5-10-22(21)36-3)24(17-11-13-20(35-2)14-12-17)33-27(29-16)31-25(32-33)18-7-6-8-19(28)15-18/h4-15,24H,1-3H3,(H,30,34)(H,29,31,32). The molecular weight excluding hydrogens is 478 g/mol. The molecule has 5 rings (SSSR count). The molecule has 2 N–H and O–H groups in total. The molecule has 0 saturated carbocycles. The van der Waals surface area contributed by atoms with Gasteiger partial charge in [-0.05, 0) is 48.9 Å². The number of nitrogens with one attached hydrogen (secondary N) is 2. The van der Waals surface area contributed by atoms with Crippen molar-refractivity contribution in [1.82, 2.24) is 14.8 Å². The average Bonchev–Trinajstić information content (AvgIpc) is 3.32. The van der Waals surface area contributed by atoms with Crippen molar-refractivity contribution in [1.29, 1.82) is 0 Å². The first-order chi connectivity index (χ1) is 17.5. The van der Waals surface area contributed by atoms with Crippen molar-refractivity contribution in [2.75, 3.05) is 24.9 Å². The summed E-state index contributed by atoms with van der Waals surface area (Å²) in [4.78, 5) is 18.4. The zero-order chi connectivity index (χ0) is 25.2. The zero-order valence-corrected chi connectivity index (χ0v) is 20.7. The first-order valence-corrected chi connectivity index (χ1v) is 11.6. The number of rotatable bonds is 6. The second-order valence-electron chi connectivity index (χ2n) is 8.21. The monoisotopic (exact) mass is 501 g/mol. The highest BCUT2D eigenvalue weighted by Crippen LogP contribution is 2.38. The molecule has 4 aromatic rings. The second kappa shape index (κ2) is 9.75. The molecule has 0 bridgehead atoms. The van der Waals surface area contributed by atoms with E-state index in [1.165, 1.54) is 0 Å². The lowest BCUT2D eigenvalue weighted by Crippen LogP contribution is -2.31. The van der Waals surface area contributed by atoms with E-state index in [1.54, 1.807) is 43.2 Å². The molecule has 0 fully saturated rings. The quantitative estimate of drug-likeness (QED) is 0.360. The van der Waals surface area contributed by atoms with Gasteiger partial charge in [0.2, 0.25) is 5.95 Å². The van der Waals surface area contributed by atoms with Crippen LogP contribution in [0.25, 0.3) is 11.4 Å². The van der Waals surface area contributed by atoms with Gasteiger partial charge in [-0.3, -0.25) is 4.79 Å². The third kappa shape index (κ3) is 4.38. The van der Waals surface area contributed by atoms with Gasteiger partial charge in [0.05, 0.1) is 25.5 Å². The number of anilines is 2. The lowest BCUT2D eigenvalue weighted by Gasteiger charge is -2.29. The van der Waals surface area contributed by atoms with E-state index >= 15 is 0 Å². The third-order valence-electron chi connectivity index (χ3n) is 5.97. The Balaban J connectivity index is 1.60. The van der Waals surface area contributed by atoms with Crippen LogP contribution in [-0.4, -0.2) is 34.9 Å². The van der Waals surface area contributed by atoms with Crippen molar-refractivity contribution in [2.45, 2.75) is 13.0 Å². The predicted octanol–water partition coefficient (Wildman–Crippen LogP) is 5.54. The summed E-state index contributed by atoms with van der Waals surface area (Å²) in [5.41, 5.74) is 3.37. The third-order valence-corrected chi connectivity index (χ3v) is 6.20. The molecule has 1 amide bonds. The number of ether oxygens (including phenoxy) is 2. The van der Waals surface area contributed by atoms with E-state index in [0.717, 1.165) is 11.1 Å². The van der Waals surface area contributed by atoms with E-state index in [4.69, 9.17) is 31.2 Å². The molecule has 182 valence electrons. The van der Waals surface area contributed by atoms with Crippen LogP contribution in [0.3, 0.4) is 0 Å². The fourth-order valence-corrected chi connectivity index (χ4v) is 4.42. The van der Waals surface area contributed by atoms with Crippen molar-refractivity contribution >= 4 is 29.1 Å². The minimum Gasteiger partial charge on any atom is -0.497 e. The molecule has 1 aromatic heterocycles. The van der Waals surface area contributed by atoms with Crippen LogP contribution in [0, 0.1) is 0 Å². The predicted molar refractivity (Wildman–Crippen MR) is 140 cm³/mol. The summed E-state index contributed by atoms with van der Waals surface area (Å²) >= 11 is 6.20. The summed E-state index contributed by atoms with van der Waals surface area (Å²) in [5.74, 6) is 2.02. The van der Waals surface area contributed by atoms with Gasteiger partial charge in [0, 0.05) is 16.3 Å². The Bertz CT molecular complexity index is 1460. The zero-order valence-electron chi connectivity index (χ0n) is 19.9. The molecule has 1 atom stereocenters. The van der Waals surface area contributed by atoms with E-state index in [9.17, 15) is 4.79 Å². The van der Waals surface area contributed by atoms with E-state index in [1.807, 2.05) is 55.5 Å². The molecule has 0 aliphatic carbocycles. The summed E-state index contributed by atoms with van der Waals surface area (Å²) in [6.45, 7) is 1.85. The van der Waals surface area contributed by atoms with Gasteiger partial charge >= 0.3 is 0 Å². The molecule has 9 heteroatoms. The summed E-state index contributed by atoms with van der Waals surface area (Å²) in [6.07, 6.45) is 0. The summed E-state index contributed by atoms with van der Waals surface area (Å²) in [6, 6.07) is 21.6. The molecule has 0 radical (unpaired) electrons. The lowest BCUT2D eigenvalue weighted by atomic mass is 9.95. The van der Waals surface area contributed by atoms with Crippen molar-refractivity contribution in [3.05, 3.63) is 94.7 Å². The number of aromatic nitrogens is 3. The van der Waals surface area contributed by atoms with E-state index in [2.05, 4.69) is 10.6 Å². The molecule has 2 heterocycles. The van der Waals surface area contributed by atoms with Gasteiger partial charge in [-0.25, -0.2) is 4.68 Å². The lowest BCUT2D eigenvalue weighted by molar-refractivity contribution is -0.113. The Morgan fingerprint density at radius 1 is 1.03 bits per heavy atom. The summed E-state index contributed by atoms with van der Waals surface area (Å²) in [5, 5.41) is 11.6. The smallest absolute Gasteiger partial charge is 0.255 e. The van der Waals surface area contributed by atoms with Crippen molar-refractivity contribution in [3.63, 3.8) is 0 Å². The number of allylic oxidation sites excluding steroid dienone is 1. The summed E-state index contributed by atoms with van der Waals surface area (Å²) < 4.78 is 12.5. The first-order valence-electron chi connectivity index (χ1n) is 11.3. The van der Waals surface area contributed by atoms with Crippen molar-refractivity contribution in [3.8, 4) is 22.9 Å². The van der Waals surface area contributed by atoms with E-state index in [-0.39, 0.29) is 5.91 Å². The fraction of sp³-hybridized carbons (Fsp3) is 0.148. The Labute approximate surface area is 213 Å². The highest BCUT2D eigenvalue weighted by molar-refractivity contribution is 6.30. The van der Waals surface area contributed by atoms with E-state index in [0.29, 0.717) is 45.3 Å². The maximum Gasteiger partial charge on any atom is 0.255 e. The van der Waals surface area contributed by atoms with Gasteiger partial charge < -0.3 is 20.1 Å². The van der Waals surface area contributed by atoms with Crippen LogP contribution in [0.2, 0.25) is 5.02 Å². The number of carbonyl (C=O) groups is 1. The number of nitrogens with zero attached hydrogens (tertiary/aromatic N) is 3. The molecule has 36 heavy (non-hydrogen) atoms. The maximum absolute atomic E-state index is 13.7. The Morgan fingerprint density at radius 2 is 1.81 bits per heavy atom.